The SMILES string of the molecule is CC1=C(C(=O)Nc2ccccc2Cl)C(c2ccco2)C(C(=O)Nc2ccccc2Cl)=C(C)N1. The summed E-state index contributed by atoms with van der Waals surface area (Å²) in [5.41, 5.74) is 2.84. The summed E-state index contributed by atoms with van der Waals surface area (Å²) in [7, 11) is 0. The van der Waals surface area contributed by atoms with Crippen molar-refractivity contribution in [2.75, 3.05) is 10.6 Å². The van der Waals surface area contributed by atoms with Crippen LogP contribution in [0.5, 0.6) is 0 Å². The first-order valence-corrected chi connectivity index (χ1v) is 11.0. The molecule has 6 nitrogen and oxygen atoms in total. The normalized spacial score (nSPS) is 14.2. The third-order valence-corrected chi connectivity index (χ3v) is 5.98. The Labute approximate surface area is 201 Å². The molecule has 0 fully saturated rings. The minimum atomic E-state index is -0.744. The van der Waals surface area contributed by atoms with Gasteiger partial charge in [0.1, 0.15) is 5.76 Å². The van der Waals surface area contributed by atoms with E-state index in [0.29, 0.717) is 49.7 Å². The fraction of sp³-hybridized carbons (Fsp3) is 0.120. The van der Waals surface area contributed by atoms with Crippen molar-refractivity contribution in [1.29, 1.82) is 0 Å². The molecule has 2 heterocycles. The topological polar surface area (TPSA) is 83.4 Å². The third kappa shape index (κ3) is 4.67. The molecule has 4 rings (SSSR count). The highest BCUT2D eigenvalue weighted by Crippen LogP contribution is 2.40. The van der Waals surface area contributed by atoms with Crippen molar-refractivity contribution >= 4 is 46.4 Å². The molecule has 0 bridgehead atoms. The monoisotopic (exact) mass is 481 g/mol. The van der Waals surface area contributed by atoms with Gasteiger partial charge in [-0.2, -0.15) is 0 Å². The second-order valence-corrected chi connectivity index (χ2v) is 8.33. The second-order valence-electron chi connectivity index (χ2n) is 7.52. The Morgan fingerprint density at radius 3 is 1.70 bits per heavy atom. The summed E-state index contributed by atoms with van der Waals surface area (Å²) in [5, 5.41) is 9.68. The maximum absolute atomic E-state index is 13.4. The number of carbonyl (C=O) groups is 2. The van der Waals surface area contributed by atoms with Gasteiger partial charge < -0.3 is 20.4 Å². The largest absolute Gasteiger partial charge is 0.468 e. The number of carbonyl (C=O) groups excluding carboxylic acids is 2. The molecule has 0 aliphatic carbocycles. The van der Waals surface area contributed by atoms with E-state index in [1.165, 1.54) is 6.26 Å². The zero-order valence-electron chi connectivity index (χ0n) is 17.9. The number of hydrogen-bond donors (Lipinski definition) is 3. The second kappa shape index (κ2) is 9.57. The predicted octanol–water partition coefficient (Wildman–Crippen LogP) is 6.10. The zero-order valence-corrected chi connectivity index (χ0v) is 19.4. The fourth-order valence-electron chi connectivity index (χ4n) is 3.84. The summed E-state index contributed by atoms with van der Waals surface area (Å²) in [6, 6.07) is 17.4. The first kappa shape index (κ1) is 22.7. The van der Waals surface area contributed by atoms with Gasteiger partial charge in [0.05, 0.1) is 44.7 Å². The van der Waals surface area contributed by atoms with E-state index < -0.39 is 17.7 Å². The molecule has 0 spiro atoms. The highest BCUT2D eigenvalue weighted by atomic mass is 35.5. The van der Waals surface area contributed by atoms with Crippen LogP contribution in [0.4, 0.5) is 11.4 Å². The lowest BCUT2D eigenvalue weighted by Crippen LogP contribution is -2.35. The molecule has 168 valence electrons. The van der Waals surface area contributed by atoms with E-state index in [4.69, 9.17) is 27.6 Å². The molecular formula is C25H21Cl2N3O3. The van der Waals surface area contributed by atoms with Crippen LogP contribution in [0.25, 0.3) is 0 Å². The van der Waals surface area contributed by atoms with E-state index in [1.54, 1.807) is 74.5 Å². The van der Waals surface area contributed by atoms with Crippen LogP contribution in [0.15, 0.2) is 93.9 Å². The summed E-state index contributed by atoms with van der Waals surface area (Å²) in [6.45, 7) is 3.56. The summed E-state index contributed by atoms with van der Waals surface area (Å²) in [4.78, 5) is 26.9. The van der Waals surface area contributed by atoms with Gasteiger partial charge in [-0.3, -0.25) is 9.59 Å². The first-order chi connectivity index (χ1) is 15.9. The highest BCUT2D eigenvalue weighted by molar-refractivity contribution is 6.34. The van der Waals surface area contributed by atoms with E-state index in [9.17, 15) is 9.59 Å². The molecule has 3 N–H and O–H groups in total. The Balaban J connectivity index is 1.73. The van der Waals surface area contributed by atoms with E-state index in [2.05, 4.69) is 16.0 Å². The molecule has 1 aromatic heterocycles. The van der Waals surface area contributed by atoms with Crippen molar-refractivity contribution in [3.63, 3.8) is 0 Å². The summed E-state index contributed by atoms with van der Waals surface area (Å²) >= 11 is 12.5. The fourth-order valence-corrected chi connectivity index (χ4v) is 4.21. The Morgan fingerprint density at radius 1 is 0.788 bits per heavy atom. The van der Waals surface area contributed by atoms with E-state index in [-0.39, 0.29) is 0 Å². The van der Waals surface area contributed by atoms with E-state index in [1.807, 2.05) is 0 Å². The zero-order chi connectivity index (χ0) is 23.5. The van der Waals surface area contributed by atoms with Gasteiger partial charge >= 0.3 is 0 Å². The van der Waals surface area contributed by atoms with Gasteiger partial charge in [-0.1, -0.05) is 47.5 Å². The average molecular weight is 482 g/mol. The lowest BCUT2D eigenvalue weighted by Gasteiger charge is -2.30. The van der Waals surface area contributed by atoms with Crippen molar-refractivity contribution in [2.45, 2.75) is 19.8 Å². The Morgan fingerprint density at radius 2 is 1.27 bits per heavy atom. The van der Waals surface area contributed by atoms with Gasteiger partial charge in [-0.15, -0.1) is 0 Å². The number of nitrogens with one attached hydrogen (secondary N) is 3. The van der Waals surface area contributed by atoms with Crippen molar-refractivity contribution in [3.05, 3.63) is 105 Å². The van der Waals surface area contributed by atoms with Crippen molar-refractivity contribution in [1.82, 2.24) is 5.32 Å². The molecule has 1 aliphatic heterocycles. The molecule has 0 atom stereocenters. The van der Waals surface area contributed by atoms with Gasteiger partial charge in [0, 0.05) is 11.4 Å². The molecule has 1 aliphatic rings. The number of benzene rings is 2. The molecular weight excluding hydrogens is 461 g/mol. The minimum Gasteiger partial charge on any atom is -0.468 e. The predicted molar refractivity (Wildman–Crippen MR) is 130 cm³/mol. The first-order valence-electron chi connectivity index (χ1n) is 10.2. The maximum atomic E-state index is 13.4. The van der Waals surface area contributed by atoms with Crippen LogP contribution in [0, 0.1) is 0 Å². The van der Waals surface area contributed by atoms with Crippen molar-refractivity contribution in [2.24, 2.45) is 0 Å². The molecule has 8 heteroatoms. The Kier molecular flexibility index (Phi) is 6.58. The Hall–Kier alpha value is -3.48. The van der Waals surface area contributed by atoms with Crippen LogP contribution in [0.3, 0.4) is 0 Å². The van der Waals surface area contributed by atoms with Crippen LogP contribution >= 0.6 is 23.2 Å². The number of rotatable bonds is 5. The number of para-hydroxylation sites is 2. The number of furan rings is 1. The van der Waals surface area contributed by atoms with Crippen LogP contribution < -0.4 is 16.0 Å². The molecule has 0 unspecified atom stereocenters. The molecule has 0 radical (unpaired) electrons. The number of anilines is 2. The smallest absolute Gasteiger partial charge is 0.254 e. The number of allylic oxidation sites excluding steroid dienone is 2. The molecule has 2 amide bonds. The Bertz CT molecular complexity index is 1200. The van der Waals surface area contributed by atoms with Gasteiger partial charge in [-0.25, -0.2) is 0 Å². The summed E-state index contributed by atoms with van der Waals surface area (Å²) in [6.07, 6.45) is 1.51. The van der Waals surface area contributed by atoms with E-state index >= 15 is 0 Å². The quantitative estimate of drug-likeness (QED) is 0.411. The number of halogens is 2. The lowest BCUT2D eigenvalue weighted by atomic mass is 9.82. The van der Waals surface area contributed by atoms with Gasteiger partial charge in [-0.05, 0) is 50.2 Å². The number of dihydropyridines is 1. The summed E-state index contributed by atoms with van der Waals surface area (Å²) < 4.78 is 5.67. The molecule has 2 aromatic carbocycles. The van der Waals surface area contributed by atoms with Crippen LogP contribution in [-0.2, 0) is 9.59 Å². The number of hydrogen-bond acceptors (Lipinski definition) is 4. The van der Waals surface area contributed by atoms with Crippen molar-refractivity contribution < 1.29 is 14.0 Å². The molecule has 3 aromatic rings. The summed E-state index contributed by atoms with van der Waals surface area (Å²) in [5.74, 6) is -1.08. The highest BCUT2D eigenvalue weighted by Gasteiger charge is 2.38. The molecule has 0 saturated carbocycles. The van der Waals surface area contributed by atoms with Crippen LogP contribution in [0.1, 0.15) is 25.5 Å². The van der Waals surface area contributed by atoms with E-state index in [0.717, 1.165) is 0 Å². The molecule has 0 saturated heterocycles. The molecule has 33 heavy (non-hydrogen) atoms. The van der Waals surface area contributed by atoms with Crippen LogP contribution in [-0.4, -0.2) is 11.8 Å². The third-order valence-electron chi connectivity index (χ3n) is 5.32. The average Bonchev–Trinajstić information content (AvgIpc) is 3.31. The van der Waals surface area contributed by atoms with Gasteiger partial charge in [0.25, 0.3) is 11.8 Å². The number of amides is 2. The maximum Gasteiger partial charge on any atom is 0.254 e. The van der Waals surface area contributed by atoms with Gasteiger partial charge in [0.2, 0.25) is 0 Å². The van der Waals surface area contributed by atoms with Crippen LogP contribution in [0.2, 0.25) is 10.0 Å². The standard InChI is InChI=1S/C25H21Cl2N3O3/c1-14-21(24(31)29-18-10-5-3-8-16(18)26)23(20-12-7-13-33-20)22(15(2)28-14)25(32)30-19-11-6-4-9-17(19)27/h3-13,23,28H,1-2H3,(H,29,31)(H,30,32). The van der Waals surface area contributed by atoms with Gasteiger partial charge in [0.15, 0.2) is 0 Å². The van der Waals surface area contributed by atoms with Crippen molar-refractivity contribution in [3.8, 4) is 0 Å². The minimum absolute atomic E-state index is 0.347. The lowest BCUT2D eigenvalue weighted by molar-refractivity contribution is -0.113.